The SMILES string of the molecule is N#Cc1c(-c2ccccc2)nc(NN=Cc2cc(Br)ccc2OCCC2OCCO2)[nH]c1=O. The molecule has 2 heterocycles. The van der Waals surface area contributed by atoms with Crippen LogP contribution in [-0.4, -0.2) is 42.3 Å². The van der Waals surface area contributed by atoms with E-state index in [4.69, 9.17) is 14.2 Å². The Morgan fingerprint density at radius 1 is 1.27 bits per heavy atom. The molecule has 0 radical (unpaired) electrons. The number of aromatic nitrogens is 2. The summed E-state index contributed by atoms with van der Waals surface area (Å²) in [7, 11) is 0. The summed E-state index contributed by atoms with van der Waals surface area (Å²) in [5, 5.41) is 13.6. The summed E-state index contributed by atoms with van der Waals surface area (Å²) >= 11 is 3.45. The minimum Gasteiger partial charge on any atom is -0.493 e. The van der Waals surface area contributed by atoms with E-state index in [1.54, 1.807) is 18.3 Å². The van der Waals surface area contributed by atoms with E-state index in [2.05, 4.69) is 36.4 Å². The Hall–Kier alpha value is -3.52. The summed E-state index contributed by atoms with van der Waals surface area (Å²) in [6, 6.07) is 16.5. The Morgan fingerprint density at radius 2 is 2.06 bits per heavy atom. The number of benzene rings is 2. The van der Waals surface area contributed by atoms with Gasteiger partial charge in [0.25, 0.3) is 5.56 Å². The quantitative estimate of drug-likeness (QED) is 0.351. The molecule has 1 saturated heterocycles. The number of nitrogens with one attached hydrogen (secondary N) is 2. The largest absolute Gasteiger partial charge is 0.493 e. The predicted molar refractivity (Wildman–Crippen MR) is 126 cm³/mol. The minimum absolute atomic E-state index is 0.0615. The first-order valence-electron chi connectivity index (χ1n) is 10.2. The van der Waals surface area contributed by atoms with Crippen molar-refractivity contribution in [2.75, 3.05) is 25.2 Å². The standard InChI is InChI=1S/C23H20BrN5O4/c24-17-6-7-19(31-9-8-20-32-10-11-33-20)16(12-17)14-26-29-23-27-21(15-4-2-1-3-5-15)18(13-25)22(30)28-23/h1-7,12,14,20H,8-11H2,(H2,27,28,29,30). The zero-order valence-corrected chi connectivity index (χ0v) is 19.0. The molecule has 2 N–H and O–H groups in total. The molecule has 33 heavy (non-hydrogen) atoms. The van der Waals surface area contributed by atoms with E-state index in [0.29, 0.717) is 43.1 Å². The van der Waals surface area contributed by atoms with Gasteiger partial charge in [0, 0.05) is 22.0 Å². The normalized spacial score (nSPS) is 13.8. The Morgan fingerprint density at radius 3 is 2.82 bits per heavy atom. The molecule has 168 valence electrons. The molecule has 0 aliphatic carbocycles. The van der Waals surface area contributed by atoms with E-state index in [1.807, 2.05) is 42.5 Å². The summed E-state index contributed by atoms with van der Waals surface area (Å²) in [6.45, 7) is 1.62. The van der Waals surface area contributed by atoms with Crippen molar-refractivity contribution in [3.05, 3.63) is 74.5 Å². The van der Waals surface area contributed by atoms with Gasteiger partial charge in [0.2, 0.25) is 5.95 Å². The van der Waals surface area contributed by atoms with Crippen molar-refractivity contribution in [2.45, 2.75) is 12.7 Å². The van der Waals surface area contributed by atoms with Crippen LogP contribution in [0.2, 0.25) is 0 Å². The van der Waals surface area contributed by atoms with Gasteiger partial charge < -0.3 is 14.2 Å². The third kappa shape index (κ3) is 5.84. The highest BCUT2D eigenvalue weighted by molar-refractivity contribution is 9.10. The van der Waals surface area contributed by atoms with Crippen LogP contribution >= 0.6 is 15.9 Å². The topological polar surface area (TPSA) is 122 Å². The van der Waals surface area contributed by atoms with Gasteiger partial charge >= 0.3 is 0 Å². The zero-order valence-electron chi connectivity index (χ0n) is 17.5. The van der Waals surface area contributed by atoms with E-state index < -0.39 is 5.56 Å². The minimum atomic E-state index is -0.549. The Balaban J connectivity index is 1.50. The van der Waals surface area contributed by atoms with Crippen molar-refractivity contribution in [1.29, 1.82) is 5.26 Å². The predicted octanol–water partition coefficient (Wildman–Crippen LogP) is 3.66. The highest BCUT2D eigenvalue weighted by Crippen LogP contribution is 2.23. The van der Waals surface area contributed by atoms with E-state index in [1.165, 1.54) is 0 Å². The van der Waals surface area contributed by atoms with Crippen molar-refractivity contribution in [2.24, 2.45) is 5.10 Å². The molecule has 4 rings (SSSR count). The van der Waals surface area contributed by atoms with Crippen LogP contribution in [0.15, 0.2) is 62.9 Å². The van der Waals surface area contributed by atoms with Gasteiger partial charge in [-0.2, -0.15) is 10.4 Å². The Kier molecular flexibility index (Phi) is 7.47. The monoisotopic (exact) mass is 509 g/mol. The van der Waals surface area contributed by atoms with Crippen molar-refractivity contribution < 1.29 is 14.2 Å². The van der Waals surface area contributed by atoms with Gasteiger partial charge in [0.1, 0.15) is 17.4 Å². The average Bonchev–Trinajstić information content (AvgIpc) is 3.34. The van der Waals surface area contributed by atoms with Gasteiger partial charge in [0.05, 0.1) is 31.7 Å². The number of hydrazone groups is 1. The number of nitrogens with zero attached hydrogens (tertiary/aromatic N) is 3. The number of aromatic amines is 1. The van der Waals surface area contributed by atoms with Crippen LogP contribution in [0.25, 0.3) is 11.3 Å². The molecule has 9 nitrogen and oxygen atoms in total. The van der Waals surface area contributed by atoms with Gasteiger partial charge in [-0.3, -0.25) is 9.78 Å². The summed E-state index contributed by atoms with van der Waals surface area (Å²) in [4.78, 5) is 19.3. The summed E-state index contributed by atoms with van der Waals surface area (Å²) in [5.74, 6) is 0.745. The second-order valence-corrected chi connectivity index (χ2v) is 7.89. The number of hydrogen-bond donors (Lipinski definition) is 2. The molecule has 0 spiro atoms. The number of H-pyrrole nitrogens is 1. The van der Waals surface area contributed by atoms with Crippen LogP contribution < -0.4 is 15.7 Å². The first-order chi connectivity index (χ1) is 16.1. The third-order valence-corrected chi connectivity index (χ3v) is 5.22. The number of rotatable bonds is 8. The number of nitriles is 1. The van der Waals surface area contributed by atoms with Crippen molar-refractivity contribution in [3.63, 3.8) is 0 Å². The molecule has 1 aromatic heterocycles. The second kappa shape index (κ2) is 10.9. The molecule has 0 saturated carbocycles. The van der Waals surface area contributed by atoms with Crippen LogP contribution in [0.1, 0.15) is 17.5 Å². The molecule has 1 fully saturated rings. The lowest BCUT2D eigenvalue weighted by molar-refractivity contribution is -0.0531. The maximum atomic E-state index is 12.4. The fourth-order valence-electron chi connectivity index (χ4n) is 3.19. The number of ether oxygens (including phenoxy) is 3. The average molecular weight is 510 g/mol. The number of anilines is 1. The summed E-state index contributed by atoms with van der Waals surface area (Å²) < 4.78 is 17.6. The molecule has 0 unspecified atom stereocenters. The molecule has 0 amide bonds. The number of hydrogen-bond acceptors (Lipinski definition) is 8. The Labute approximate surface area is 198 Å². The first kappa shape index (κ1) is 22.7. The fraction of sp³-hybridized carbons (Fsp3) is 0.217. The maximum Gasteiger partial charge on any atom is 0.270 e. The molecule has 3 aromatic rings. The highest BCUT2D eigenvalue weighted by atomic mass is 79.9. The van der Waals surface area contributed by atoms with Gasteiger partial charge in [-0.05, 0) is 18.2 Å². The molecular weight excluding hydrogens is 490 g/mol. The van der Waals surface area contributed by atoms with Crippen LogP contribution in [0, 0.1) is 11.3 Å². The van der Waals surface area contributed by atoms with Gasteiger partial charge in [-0.1, -0.05) is 46.3 Å². The van der Waals surface area contributed by atoms with Crippen LogP contribution in [0.3, 0.4) is 0 Å². The maximum absolute atomic E-state index is 12.4. The highest BCUT2D eigenvalue weighted by Gasteiger charge is 2.16. The van der Waals surface area contributed by atoms with Crippen LogP contribution in [0.4, 0.5) is 5.95 Å². The van der Waals surface area contributed by atoms with E-state index in [0.717, 1.165) is 4.47 Å². The lowest BCUT2D eigenvalue weighted by Gasteiger charge is -2.12. The molecule has 2 aromatic carbocycles. The zero-order chi connectivity index (χ0) is 23.0. The second-order valence-electron chi connectivity index (χ2n) is 6.98. The number of halogens is 1. The molecule has 1 aliphatic heterocycles. The smallest absolute Gasteiger partial charge is 0.270 e. The lowest BCUT2D eigenvalue weighted by Crippen LogP contribution is -2.16. The van der Waals surface area contributed by atoms with Crippen molar-refractivity contribution in [1.82, 2.24) is 9.97 Å². The summed E-state index contributed by atoms with van der Waals surface area (Å²) in [5.41, 5.74) is 3.76. The Bertz CT molecular complexity index is 1230. The van der Waals surface area contributed by atoms with Gasteiger partial charge in [0.15, 0.2) is 6.29 Å². The van der Waals surface area contributed by atoms with Crippen LogP contribution in [-0.2, 0) is 9.47 Å². The van der Waals surface area contributed by atoms with E-state index >= 15 is 0 Å². The first-order valence-corrected chi connectivity index (χ1v) is 11.0. The van der Waals surface area contributed by atoms with Crippen molar-refractivity contribution in [3.8, 4) is 23.1 Å². The molecule has 10 heteroatoms. The third-order valence-electron chi connectivity index (χ3n) is 4.73. The lowest BCUT2D eigenvalue weighted by atomic mass is 10.1. The molecule has 0 atom stereocenters. The van der Waals surface area contributed by atoms with Crippen molar-refractivity contribution >= 4 is 28.1 Å². The van der Waals surface area contributed by atoms with Crippen LogP contribution in [0.5, 0.6) is 5.75 Å². The summed E-state index contributed by atoms with van der Waals surface area (Å²) in [6.07, 6.45) is 1.93. The van der Waals surface area contributed by atoms with E-state index in [-0.39, 0.29) is 23.5 Å². The fourth-order valence-corrected chi connectivity index (χ4v) is 3.57. The van der Waals surface area contributed by atoms with Gasteiger partial charge in [-0.25, -0.2) is 10.4 Å². The molecular formula is C23H20BrN5O4. The molecule has 1 aliphatic rings. The molecule has 0 bridgehead atoms. The van der Waals surface area contributed by atoms with Gasteiger partial charge in [-0.15, -0.1) is 0 Å². The van der Waals surface area contributed by atoms with E-state index in [9.17, 15) is 10.1 Å².